The normalized spacial score (nSPS) is 28.7. The lowest BCUT2D eigenvalue weighted by molar-refractivity contribution is -0.134. The molecule has 5 heteroatoms. The summed E-state index contributed by atoms with van der Waals surface area (Å²) in [5, 5.41) is 6.55. The van der Waals surface area contributed by atoms with E-state index in [1.54, 1.807) is 7.11 Å². The number of rotatable bonds is 6. The van der Waals surface area contributed by atoms with E-state index in [4.69, 9.17) is 4.74 Å². The Morgan fingerprint density at radius 2 is 2.20 bits per heavy atom. The second-order valence-corrected chi connectivity index (χ2v) is 6.23. The molecule has 0 aromatic carbocycles. The zero-order valence-electron chi connectivity index (χ0n) is 12.9. The van der Waals surface area contributed by atoms with E-state index in [1.807, 2.05) is 0 Å². The molecule has 0 radical (unpaired) electrons. The third-order valence-electron chi connectivity index (χ3n) is 4.61. The van der Waals surface area contributed by atoms with Gasteiger partial charge in [0.2, 0.25) is 5.91 Å². The van der Waals surface area contributed by atoms with Crippen LogP contribution in [0, 0.1) is 5.41 Å². The molecule has 2 aliphatic rings. The van der Waals surface area contributed by atoms with Gasteiger partial charge in [0.05, 0.1) is 12.0 Å². The van der Waals surface area contributed by atoms with Crippen molar-refractivity contribution < 1.29 is 9.53 Å². The predicted molar refractivity (Wildman–Crippen MR) is 79.7 cm³/mol. The first-order chi connectivity index (χ1) is 9.70. The number of hydrogen-bond donors (Lipinski definition) is 2. The minimum absolute atomic E-state index is 0.179. The lowest BCUT2D eigenvalue weighted by Crippen LogP contribution is -2.52. The topological polar surface area (TPSA) is 53.6 Å². The molecule has 2 aliphatic heterocycles. The minimum atomic E-state index is -0.352. The molecule has 0 saturated carbocycles. The number of likely N-dealkylation sites (tertiary alicyclic amines) is 1. The van der Waals surface area contributed by atoms with E-state index < -0.39 is 0 Å². The van der Waals surface area contributed by atoms with Gasteiger partial charge >= 0.3 is 0 Å². The fourth-order valence-corrected chi connectivity index (χ4v) is 3.36. The minimum Gasteiger partial charge on any atom is -0.384 e. The number of carbonyl (C=O) groups is 1. The largest absolute Gasteiger partial charge is 0.384 e. The van der Waals surface area contributed by atoms with Crippen LogP contribution in [-0.4, -0.2) is 63.3 Å². The van der Waals surface area contributed by atoms with Crippen LogP contribution in [0.1, 0.15) is 32.6 Å². The van der Waals surface area contributed by atoms with Crippen LogP contribution in [0.2, 0.25) is 0 Å². The van der Waals surface area contributed by atoms with Crippen molar-refractivity contribution in [2.45, 2.75) is 38.6 Å². The van der Waals surface area contributed by atoms with E-state index in [0.717, 1.165) is 45.4 Å². The van der Waals surface area contributed by atoms with Crippen LogP contribution in [0.3, 0.4) is 0 Å². The second-order valence-electron chi connectivity index (χ2n) is 6.23. The SMILES string of the molecule is CCCN1CCC(NC(=O)C2(COC)CCNC2)CC1. The molecule has 0 spiro atoms. The maximum absolute atomic E-state index is 12.6. The van der Waals surface area contributed by atoms with E-state index in [1.165, 1.54) is 13.0 Å². The second kappa shape index (κ2) is 7.38. The molecule has 5 nitrogen and oxygen atoms in total. The molecule has 0 aromatic heterocycles. The van der Waals surface area contributed by atoms with Crippen molar-refractivity contribution in [1.29, 1.82) is 0 Å². The molecule has 116 valence electrons. The Hall–Kier alpha value is -0.650. The zero-order valence-corrected chi connectivity index (χ0v) is 12.9. The van der Waals surface area contributed by atoms with Gasteiger partial charge in [0.25, 0.3) is 0 Å². The maximum atomic E-state index is 12.6. The van der Waals surface area contributed by atoms with Crippen molar-refractivity contribution in [1.82, 2.24) is 15.5 Å². The Morgan fingerprint density at radius 1 is 1.45 bits per heavy atom. The third kappa shape index (κ3) is 3.71. The summed E-state index contributed by atoms with van der Waals surface area (Å²) < 4.78 is 5.28. The highest BCUT2D eigenvalue weighted by molar-refractivity contribution is 5.83. The molecular formula is C15H29N3O2. The zero-order chi connectivity index (χ0) is 14.4. The molecule has 2 rings (SSSR count). The summed E-state index contributed by atoms with van der Waals surface area (Å²) in [4.78, 5) is 15.1. The van der Waals surface area contributed by atoms with E-state index in [9.17, 15) is 4.79 Å². The molecule has 20 heavy (non-hydrogen) atoms. The van der Waals surface area contributed by atoms with Gasteiger partial charge in [-0.25, -0.2) is 0 Å². The van der Waals surface area contributed by atoms with Crippen molar-refractivity contribution in [3.05, 3.63) is 0 Å². The number of hydrogen-bond acceptors (Lipinski definition) is 4. The van der Waals surface area contributed by atoms with Crippen molar-refractivity contribution >= 4 is 5.91 Å². The molecule has 2 fully saturated rings. The predicted octanol–water partition coefficient (Wildman–Crippen LogP) is 0.603. The molecule has 1 amide bonds. The summed E-state index contributed by atoms with van der Waals surface area (Å²) >= 11 is 0. The molecule has 0 aliphatic carbocycles. The highest BCUT2D eigenvalue weighted by atomic mass is 16.5. The van der Waals surface area contributed by atoms with Gasteiger partial charge in [-0.05, 0) is 38.8 Å². The summed E-state index contributed by atoms with van der Waals surface area (Å²) in [6, 6.07) is 0.338. The van der Waals surface area contributed by atoms with Crippen LogP contribution in [0.15, 0.2) is 0 Å². The highest BCUT2D eigenvalue weighted by Crippen LogP contribution is 2.26. The number of ether oxygens (including phenoxy) is 1. The molecule has 2 saturated heterocycles. The summed E-state index contributed by atoms with van der Waals surface area (Å²) in [6.07, 6.45) is 4.23. The van der Waals surface area contributed by atoms with E-state index in [2.05, 4.69) is 22.5 Å². The molecule has 1 atom stereocenters. The van der Waals surface area contributed by atoms with E-state index >= 15 is 0 Å². The summed E-state index contributed by atoms with van der Waals surface area (Å²) in [7, 11) is 1.68. The molecule has 1 unspecified atom stereocenters. The van der Waals surface area contributed by atoms with Gasteiger partial charge in [0.1, 0.15) is 0 Å². The molecular weight excluding hydrogens is 254 g/mol. The lowest BCUT2D eigenvalue weighted by atomic mass is 9.86. The van der Waals surface area contributed by atoms with Crippen LogP contribution < -0.4 is 10.6 Å². The first-order valence-electron chi connectivity index (χ1n) is 7.93. The first-order valence-corrected chi connectivity index (χ1v) is 7.93. The first kappa shape index (κ1) is 15.7. The Labute approximate surface area is 122 Å². The average molecular weight is 283 g/mol. The van der Waals surface area contributed by atoms with E-state index in [-0.39, 0.29) is 11.3 Å². The number of nitrogens with zero attached hydrogens (tertiary/aromatic N) is 1. The number of nitrogens with one attached hydrogen (secondary N) is 2. The van der Waals surface area contributed by atoms with Gasteiger partial charge in [-0.3, -0.25) is 4.79 Å². The monoisotopic (exact) mass is 283 g/mol. The van der Waals surface area contributed by atoms with Crippen molar-refractivity contribution in [2.75, 3.05) is 46.4 Å². The van der Waals surface area contributed by atoms with Crippen LogP contribution in [-0.2, 0) is 9.53 Å². The van der Waals surface area contributed by atoms with Crippen molar-refractivity contribution in [3.63, 3.8) is 0 Å². The van der Waals surface area contributed by atoms with Crippen LogP contribution in [0.4, 0.5) is 0 Å². The van der Waals surface area contributed by atoms with Crippen LogP contribution in [0.5, 0.6) is 0 Å². The Bertz CT molecular complexity index is 308. The lowest BCUT2D eigenvalue weighted by Gasteiger charge is -2.34. The Kier molecular flexibility index (Phi) is 5.81. The Balaban J connectivity index is 1.82. The molecule has 0 aromatic rings. The summed E-state index contributed by atoms with van der Waals surface area (Å²) in [6.45, 7) is 7.77. The average Bonchev–Trinajstić information content (AvgIpc) is 2.92. The fourth-order valence-electron chi connectivity index (χ4n) is 3.36. The van der Waals surface area contributed by atoms with Gasteiger partial charge < -0.3 is 20.3 Å². The summed E-state index contributed by atoms with van der Waals surface area (Å²) in [5.74, 6) is 0.179. The van der Waals surface area contributed by atoms with Gasteiger partial charge in [-0.1, -0.05) is 6.92 Å². The molecule has 2 N–H and O–H groups in total. The van der Waals surface area contributed by atoms with E-state index in [0.29, 0.717) is 12.6 Å². The standard InChI is InChI=1S/C15H29N3O2/c1-3-8-18-9-4-13(5-10-18)17-14(19)15(12-20-2)6-7-16-11-15/h13,16H,3-12H2,1-2H3,(H,17,19). The van der Waals surface area contributed by atoms with Gasteiger partial charge in [-0.2, -0.15) is 0 Å². The maximum Gasteiger partial charge on any atom is 0.230 e. The fraction of sp³-hybridized carbons (Fsp3) is 0.933. The number of methoxy groups -OCH3 is 1. The smallest absolute Gasteiger partial charge is 0.230 e. The van der Waals surface area contributed by atoms with Crippen molar-refractivity contribution in [3.8, 4) is 0 Å². The number of piperidine rings is 1. The molecule has 0 bridgehead atoms. The van der Waals surface area contributed by atoms with Crippen molar-refractivity contribution in [2.24, 2.45) is 5.41 Å². The number of amides is 1. The summed E-state index contributed by atoms with van der Waals surface area (Å²) in [5.41, 5.74) is -0.352. The van der Waals surface area contributed by atoms with Crippen LogP contribution >= 0.6 is 0 Å². The van der Waals surface area contributed by atoms with Gasteiger partial charge in [0, 0.05) is 32.8 Å². The van der Waals surface area contributed by atoms with Gasteiger partial charge in [0.15, 0.2) is 0 Å². The molecule has 2 heterocycles. The number of carbonyl (C=O) groups excluding carboxylic acids is 1. The van der Waals surface area contributed by atoms with Crippen LogP contribution in [0.25, 0.3) is 0 Å². The van der Waals surface area contributed by atoms with Gasteiger partial charge in [-0.15, -0.1) is 0 Å². The Morgan fingerprint density at radius 3 is 2.75 bits per heavy atom. The highest BCUT2D eigenvalue weighted by Gasteiger charge is 2.42. The quantitative estimate of drug-likeness (QED) is 0.750. The third-order valence-corrected chi connectivity index (χ3v) is 4.61.